The van der Waals surface area contributed by atoms with Gasteiger partial charge in [0.2, 0.25) is 11.8 Å². The second-order valence-corrected chi connectivity index (χ2v) is 8.01. The van der Waals surface area contributed by atoms with Crippen molar-refractivity contribution in [2.45, 2.75) is 39.0 Å². The Morgan fingerprint density at radius 2 is 1.77 bits per heavy atom. The number of fused-ring (bicyclic) bond motifs is 6. The molecule has 2 heterocycles. The highest BCUT2D eigenvalue weighted by Gasteiger charge is 2.58. The number of hydrogen-bond donors (Lipinski definition) is 1. The van der Waals surface area contributed by atoms with Crippen molar-refractivity contribution in [3.63, 3.8) is 0 Å². The molecule has 1 aromatic rings. The van der Waals surface area contributed by atoms with Crippen molar-refractivity contribution in [3.8, 4) is 0 Å². The maximum absolute atomic E-state index is 12.7. The normalized spacial score (nSPS) is 31.5. The summed E-state index contributed by atoms with van der Waals surface area (Å²) in [4.78, 5) is 36.1. The fourth-order valence-electron chi connectivity index (χ4n) is 5.33. The third-order valence-corrected chi connectivity index (χ3v) is 6.48. The number of aromatic nitrogens is 2. The van der Waals surface area contributed by atoms with Gasteiger partial charge in [-0.15, -0.1) is 0 Å². The summed E-state index contributed by atoms with van der Waals surface area (Å²) in [6.45, 7) is 2.88. The van der Waals surface area contributed by atoms with Crippen LogP contribution in [0.3, 0.4) is 0 Å². The minimum atomic E-state index is -0.105. The van der Waals surface area contributed by atoms with E-state index in [-0.39, 0.29) is 35.5 Å². The number of aryl methyl sites for hydroxylation is 2. The fraction of sp³-hybridized carbons (Fsp3) is 0.600. The lowest BCUT2D eigenvalue weighted by Crippen LogP contribution is -2.36. The van der Waals surface area contributed by atoms with E-state index < -0.39 is 0 Å². The zero-order valence-electron chi connectivity index (χ0n) is 15.1. The Morgan fingerprint density at radius 1 is 1.08 bits per heavy atom. The van der Waals surface area contributed by atoms with Gasteiger partial charge < -0.3 is 5.32 Å². The molecule has 3 aliphatic carbocycles. The van der Waals surface area contributed by atoms with Crippen molar-refractivity contribution in [1.82, 2.24) is 14.9 Å². The van der Waals surface area contributed by atoms with Crippen LogP contribution in [0.15, 0.2) is 12.2 Å². The highest BCUT2D eigenvalue weighted by atomic mass is 16.2. The van der Waals surface area contributed by atoms with E-state index in [4.69, 9.17) is 0 Å². The third-order valence-electron chi connectivity index (χ3n) is 6.48. The predicted octanol–water partition coefficient (Wildman–Crippen LogP) is 1.88. The lowest BCUT2D eigenvalue weighted by molar-refractivity contribution is -0.140. The highest BCUT2D eigenvalue weighted by molar-refractivity contribution is 6.06. The number of nitrogens with zero attached hydrogens (tertiary/aromatic N) is 3. The van der Waals surface area contributed by atoms with Crippen molar-refractivity contribution >= 4 is 17.6 Å². The van der Waals surface area contributed by atoms with Gasteiger partial charge >= 0.3 is 0 Å². The molecule has 4 atom stereocenters. The van der Waals surface area contributed by atoms with Gasteiger partial charge in [0.15, 0.2) is 0 Å². The van der Waals surface area contributed by atoms with E-state index in [9.17, 15) is 9.59 Å². The highest BCUT2D eigenvalue weighted by Crippen LogP contribution is 2.52. The summed E-state index contributed by atoms with van der Waals surface area (Å²) in [5, 5.41) is 3.37. The molecule has 0 aromatic carbocycles. The molecule has 4 unspecified atom stereocenters. The molecule has 1 N–H and O–H groups in total. The first-order chi connectivity index (χ1) is 12.6. The standard InChI is InChI=1S/C20H24N4O2/c1-11-22-15-5-3-2-4-14(15)18(23-11)21-8-9-24-19(25)16-12-6-7-13(10-12)17(16)20(24)26/h6-7,12-13,16-17H,2-5,8-10H2,1H3,(H,21,22,23). The number of imide groups is 1. The molecule has 0 radical (unpaired) electrons. The van der Waals surface area contributed by atoms with Gasteiger partial charge in [-0.3, -0.25) is 14.5 Å². The Bertz CT molecular complexity index is 788. The molecule has 1 aromatic heterocycles. The Labute approximate surface area is 153 Å². The molecule has 5 rings (SSSR count). The minimum Gasteiger partial charge on any atom is -0.368 e. The maximum Gasteiger partial charge on any atom is 0.233 e. The lowest BCUT2D eigenvalue weighted by Gasteiger charge is -2.21. The van der Waals surface area contributed by atoms with Crippen molar-refractivity contribution in [1.29, 1.82) is 0 Å². The molecule has 4 aliphatic rings. The first-order valence-corrected chi connectivity index (χ1v) is 9.77. The number of hydrogen-bond acceptors (Lipinski definition) is 5. The lowest BCUT2D eigenvalue weighted by atomic mass is 9.85. The largest absolute Gasteiger partial charge is 0.368 e. The number of anilines is 1. The molecule has 6 nitrogen and oxygen atoms in total. The quantitative estimate of drug-likeness (QED) is 0.661. The van der Waals surface area contributed by atoms with Gasteiger partial charge in [0.25, 0.3) is 0 Å². The average Bonchev–Trinajstić information content (AvgIpc) is 3.31. The van der Waals surface area contributed by atoms with Crippen LogP contribution in [-0.2, 0) is 22.4 Å². The number of carbonyl (C=O) groups is 2. The predicted molar refractivity (Wildman–Crippen MR) is 96.3 cm³/mol. The minimum absolute atomic E-state index is 0.0274. The van der Waals surface area contributed by atoms with Crippen LogP contribution in [0.5, 0.6) is 0 Å². The van der Waals surface area contributed by atoms with Crippen LogP contribution < -0.4 is 5.32 Å². The Hall–Kier alpha value is -2.24. The molecule has 2 bridgehead atoms. The zero-order chi connectivity index (χ0) is 17.8. The Kier molecular flexibility index (Phi) is 3.62. The molecule has 26 heavy (non-hydrogen) atoms. The van der Waals surface area contributed by atoms with Gasteiger partial charge in [-0.2, -0.15) is 0 Å². The summed E-state index contributed by atoms with van der Waals surface area (Å²) in [7, 11) is 0. The van der Waals surface area contributed by atoms with Gasteiger partial charge in [0.1, 0.15) is 11.6 Å². The van der Waals surface area contributed by atoms with E-state index in [1.54, 1.807) is 0 Å². The van der Waals surface area contributed by atoms with E-state index in [0.717, 1.165) is 43.0 Å². The third kappa shape index (κ3) is 2.31. The first kappa shape index (κ1) is 16.0. The molecule has 6 heteroatoms. The van der Waals surface area contributed by atoms with Crippen LogP contribution in [0.4, 0.5) is 5.82 Å². The van der Waals surface area contributed by atoms with Gasteiger partial charge in [-0.25, -0.2) is 9.97 Å². The molecule has 2 fully saturated rings. The van der Waals surface area contributed by atoms with Crippen LogP contribution in [0.1, 0.15) is 36.3 Å². The van der Waals surface area contributed by atoms with Crippen molar-refractivity contribution in [2.75, 3.05) is 18.4 Å². The monoisotopic (exact) mass is 352 g/mol. The summed E-state index contributed by atoms with van der Waals surface area (Å²) in [5.74, 6) is 2.05. The second-order valence-electron chi connectivity index (χ2n) is 8.01. The van der Waals surface area contributed by atoms with E-state index in [1.165, 1.54) is 16.9 Å². The zero-order valence-corrected chi connectivity index (χ0v) is 15.1. The SMILES string of the molecule is Cc1nc2c(c(NCCN3C(=O)C4C5C=CC(C5)C4C3=O)n1)CCCC2. The molecule has 1 aliphatic heterocycles. The smallest absolute Gasteiger partial charge is 0.233 e. The van der Waals surface area contributed by atoms with Crippen molar-refractivity contribution in [2.24, 2.45) is 23.7 Å². The van der Waals surface area contributed by atoms with Crippen LogP contribution in [0.2, 0.25) is 0 Å². The number of allylic oxidation sites excluding steroid dienone is 2. The van der Waals surface area contributed by atoms with E-state index >= 15 is 0 Å². The van der Waals surface area contributed by atoms with E-state index in [2.05, 4.69) is 27.4 Å². The average molecular weight is 352 g/mol. The Balaban J connectivity index is 1.28. The molecule has 1 saturated heterocycles. The van der Waals surface area contributed by atoms with Crippen LogP contribution >= 0.6 is 0 Å². The van der Waals surface area contributed by atoms with Crippen LogP contribution in [0.25, 0.3) is 0 Å². The molecular weight excluding hydrogens is 328 g/mol. The van der Waals surface area contributed by atoms with Crippen molar-refractivity contribution in [3.05, 3.63) is 29.2 Å². The number of nitrogens with one attached hydrogen (secondary N) is 1. The summed E-state index contributed by atoms with van der Waals surface area (Å²) < 4.78 is 0. The van der Waals surface area contributed by atoms with E-state index in [0.29, 0.717) is 13.1 Å². The van der Waals surface area contributed by atoms with E-state index in [1.807, 2.05) is 6.92 Å². The summed E-state index contributed by atoms with van der Waals surface area (Å²) >= 11 is 0. The Morgan fingerprint density at radius 3 is 2.50 bits per heavy atom. The molecular formula is C20H24N4O2. The number of carbonyl (C=O) groups excluding carboxylic acids is 2. The van der Waals surface area contributed by atoms with Gasteiger partial charge in [0.05, 0.1) is 11.8 Å². The van der Waals surface area contributed by atoms with Gasteiger partial charge in [-0.05, 0) is 50.9 Å². The fourth-order valence-corrected chi connectivity index (χ4v) is 5.33. The molecule has 1 saturated carbocycles. The summed E-state index contributed by atoms with van der Waals surface area (Å²) in [6.07, 6.45) is 9.60. The summed E-state index contributed by atoms with van der Waals surface area (Å²) in [5.41, 5.74) is 2.36. The van der Waals surface area contributed by atoms with Crippen molar-refractivity contribution < 1.29 is 9.59 Å². The first-order valence-electron chi connectivity index (χ1n) is 9.77. The molecule has 0 spiro atoms. The van der Waals surface area contributed by atoms with Crippen LogP contribution in [0, 0.1) is 30.6 Å². The summed E-state index contributed by atoms with van der Waals surface area (Å²) in [6, 6.07) is 0. The van der Waals surface area contributed by atoms with Gasteiger partial charge in [0, 0.05) is 24.3 Å². The number of rotatable bonds is 4. The molecule has 2 amide bonds. The maximum atomic E-state index is 12.7. The second kappa shape index (κ2) is 5.89. The van der Waals surface area contributed by atoms with Crippen LogP contribution in [-0.4, -0.2) is 39.8 Å². The molecule has 136 valence electrons. The number of likely N-dealkylation sites (tertiary alicyclic amines) is 1. The topological polar surface area (TPSA) is 75.2 Å². The van der Waals surface area contributed by atoms with Gasteiger partial charge in [-0.1, -0.05) is 12.2 Å². The number of amides is 2.